The molecule has 3 aromatic rings. The van der Waals surface area contributed by atoms with Gasteiger partial charge in [-0.25, -0.2) is 14.5 Å². The Morgan fingerprint density at radius 1 is 1.03 bits per heavy atom. The molecule has 0 bridgehead atoms. The molecule has 1 fully saturated rings. The number of aromatic nitrogens is 3. The number of carbonyl (C=O) groups is 2. The molecule has 0 aliphatic carbocycles. The van der Waals surface area contributed by atoms with Crippen molar-refractivity contribution in [2.24, 2.45) is 0 Å². The van der Waals surface area contributed by atoms with Crippen molar-refractivity contribution in [2.75, 3.05) is 29.9 Å². The van der Waals surface area contributed by atoms with Crippen LogP contribution in [0.3, 0.4) is 0 Å². The van der Waals surface area contributed by atoms with Crippen LogP contribution in [0.1, 0.15) is 46.2 Å². The Morgan fingerprint density at radius 2 is 1.71 bits per heavy atom. The molecule has 0 radical (unpaired) electrons. The topological polar surface area (TPSA) is 89.3 Å². The number of amides is 1. The summed E-state index contributed by atoms with van der Waals surface area (Å²) < 4.78 is 46.3. The van der Waals surface area contributed by atoms with E-state index in [1.54, 1.807) is 12.3 Å². The van der Waals surface area contributed by atoms with E-state index < -0.39 is 29.3 Å². The number of hydrogen-bond acceptors (Lipinski definition) is 6. The summed E-state index contributed by atoms with van der Waals surface area (Å²) in [6, 6.07) is 8.96. The molecule has 0 unspecified atom stereocenters. The van der Waals surface area contributed by atoms with Gasteiger partial charge >= 0.3 is 12.1 Å². The minimum absolute atomic E-state index is 0.0347. The predicted molar refractivity (Wildman–Crippen MR) is 118 cm³/mol. The van der Waals surface area contributed by atoms with Crippen LogP contribution in [-0.2, 0) is 10.9 Å². The fourth-order valence-electron chi connectivity index (χ4n) is 3.74. The standard InChI is InChI=1S/C23H22F3N5O3/c1-2-34-22(33)18-14-28-31(20(18)23(24,25)26)16-7-5-15(6-8-16)21(32)29-19-10-9-17(13-27-19)30-11-3-4-12-30/h5-10,13-14H,2-4,11-12H2,1H3,(H,27,29,32). The second-order valence-corrected chi connectivity index (χ2v) is 7.63. The zero-order valence-electron chi connectivity index (χ0n) is 18.3. The second-order valence-electron chi connectivity index (χ2n) is 7.63. The van der Waals surface area contributed by atoms with Crippen molar-refractivity contribution in [3.63, 3.8) is 0 Å². The summed E-state index contributed by atoms with van der Waals surface area (Å²) in [6.45, 7) is 3.39. The first kappa shape index (κ1) is 23.3. The van der Waals surface area contributed by atoms with Gasteiger partial charge in [-0.05, 0) is 56.2 Å². The Hall–Kier alpha value is -3.89. The highest BCUT2D eigenvalue weighted by atomic mass is 19.4. The SMILES string of the molecule is CCOC(=O)c1cnn(-c2ccc(C(=O)Nc3ccc(N4CCCC4)cn3)cc2)c1C(F)(F)F. The third-order valence-corrected chi connectivity index (χ3v) is 5.37. The summed E-state index contributed by atoms with van der Waals surface area (Å²) in [5.41, 5.74) is -0.681. The average molecular weight is 473 g/mol. The van der Waals surface area contributed by atoms with Gasteiger partial charge in [0.25, 0.3) is 5.91 Å². The van der Waals surface area contributed by atoms with Gasteiger partial charge in [0, 0.05) is 18.7 Å². The molecule has 11 heteroatoms. The lowest BCUT2D eigenvalue weighted by molar-refractivity contribution is -0.143. The third-order valence-electron chi connectivity index (χ3n) is 5.37. The van der Waals surface area contributed by atoms with Crippen molar-refractivity contribution in [1.82, 2.24) is 14.8 Å². The van der Waals surface area contributed by atoms with Crippen molar-refractivity contribution in [2.45, 2.75) is 25.9 Å². The van der Waals surface area contributed by atoms with E-state index in [2.05, 4.69) is 20.3 Å². The van der Waals surface area contributed by atoms with Crippen molar-refractivity contribution in [3.8, 4) is 5.69 Å². The first-order valence-corrected chi connectivity index (χ1v) is 10.7. The van der Waals surface area contributed by atoms with Gasteiger partial charge in [-0.1, -0.05) is 0 Å². The summed E-state index contributed by atoms with van der Waals surface area (Å²) in [4.78, 5) is 31.0. The van der Waals surface area contributed by atoms with E-state index in [1.165, 1.54) is 31.2 Å². The molecular formula is C23H22F3N5O3. The highest BCUT2D eigenvalue weighted by molar-refractivity contribution is 6.03. The van der Waals surface area contributed by atoms with Crippen LogP contribution >= 0.6 is 0 Å². The highest BCUT2D eigenvalue weighted by Crippen LogP contribution is 2.34. The van der Waals surface area contributed by atoms with Crippen LogP contribution in [-0.4, -0.2) is 46.3 Å². The summed E-state index contributed by atoms with van der Waals surface area (Å²) >= 11 is 0. The summed E-state index contributed by atoms with van der Waals surface area (Å²) in [5, 5.41) is 6.39. The van der Waals surface area contributed by atoms with Crippen molar-refractivity contribution in [1.29, 1.82) is 0 Å². The molecule has 178 valence electrons. The molecule has 3 heterocycles. The molecule has 1 aliphatic heterocycles. The number of rotatable bonds is 6. The van der Waals surface area contributed by atoms with Crippen LogP contribution in [0, 0.1) is 0 Å². The van der Waals surface area contributed by atoms with Gasteiger partial charge in [0.05, 0.1) is 30.4 Å². The maximum Gasteiger partial charge on any atom is 0.434 e. The van der Waals surface area contributed by atoms with E-state index >= 15 is 0 Å². The summed E-state index contributed by atoms with van der Waals surface area (Å²) in [5.74, 6) is -1.21. The Kier molecular flexibility index (Phi) is 6.53. The lowest BCUT2D eigenvalue weighted by Gasteiger charge is -2.17. The van der Waals surface area contributed by atoms with E-state index in [-0.39, 0.29) is 17.9 Å². The molecule has 1 aliphatic rings. The number of carbonyl (C=O) groups excluding carboxylic acids is 2. The fraction of sp³-hybridized carbons (Fsp3) is 0.304. The van der Waals surface area contributed by atoms with E-state index in [4.69, 9.17) is 4.74 Å². The Bertz CT molecular complexity index is 1170. The lowest BCUT2D eigenvalue weighted by Crippen LogP contribution is -2.19. The lowest BCUT2D eigenvalue weighted by atomic mass is 10.2. The zero-order valence-corrected chi connectivity index (χ0v) is 18.3. The van der Waals surface area contributed by atoms with Crippen molar-refractivity contribution >= 4 is 23.4 Å². The minimum Gasteiger partial charge on any atom is -0.462 e. The number of hydrogen-bond donors (Lipinski definition) is 1. The highest BCUT2D eigenvalue weighted by Gasteiger charge is 2.41. The zero-order chi connectivity index (χ0) is 24.3. The first-order valence-electron chi connectivity index (χ1n) is 10.7. The predicted octanol–water partition coefficient (Wildman–Crippen LogP) is 4.32. The number of halogens is 3. The van der Waals surface area contributed by atoms with E-state index in [0.717, 1.165) is 37.8 Å². The smallest absolute Gasteiger partial charge is 0.434 e. The van der Waals surface area contributed by atoms with Crippen LogP contribution in [0.25, 0.3) is 5.69 Å². The van der Waals surface area contributed by atoms with E-state index in [0.29, 0.717) is 10.5 Å². The number of pyridine rings is 1. The minimum atomic E-state index is -4.85. The molecule has 1 aromatic carbocycles. The van der Waals surface area contributed by atoms with Gasteiger partial charge in [-0.15, -0.1) is 0 Å². The van der Waals surface area contributed by atoms with Gasteiger partial charge in [0.2, 0.25) is 0 Å². The maximum absolute atomic E-state index is 13.7. The Balaban J connectivity index is 1.51. The molecule has 1 N–H and O–H groups in total. The summed E-state index contributed by atoms with van der Waals surface area (Å²) in [7, 11) is 0. The molecular weight excluding hydrogens is 451 g/mol. The van der Waals surface area contributed by atoms with Crippen molar-refractivity contribution < 1.29 is 27.5 Å². The van der Waals surface area contributed by atoms with Crippen LogP contribution in [0.2, 0.25) is 0 Å². The largest absolute Gasteiger partial charge is 0.462 e. The first-order chi connectivity index (χ1) is 16.3. The van der Waals surface area contributed by atoms with Gasteiger partial charge in [-0.2, -0.15) is 18.3 Å². The molecule has 1 saturated heterocycles. The molecule has 2 aromatic heterocycles. The molecule has 4 rings (SSSR count). The van der Waals surface area contributed by atoms with Gasteiger partial charge < -0.3 is 15.0 Å². The van der Waals surface area contributed by atoms with Gasteiger partial charge in [-0.3, -0.25) is 4.79 Å². The quantitative estimate of drug-likeness (QED) is 0.537. The normalized spacial score (nSPS) is 13.7. The van der Waals surface area contributed by atoms with E-state index in [9.17, 15) is 22.8 Å². The molecule has 0 spiro atoms. The van der Waals surface area contributed by atoms with Crippen LogP contribution in [0.15, 0.2) is 48.8 Å². The number of nitrogens with one attached hydrogen (secondary N) is 1. The number of nitrogens with zero attached hydrogens (tertiary/aromatic N) is 4. The van der Waals surface area contributed by atoms with Crippen LogP contribution in [0.4, 0.5) is 24.7 Å². The average Bonchev–Trinajstić information content (AvgIpc) is 3.50. The molecule has 0 atom stereocenters. The molecule has 1 amide bonds. The number of anilines is 2. The number of esters is 1. The Labute approximate surface area is 193 Å². The number of alkyl halides is 3. The second kappa shape index (κ2) is 9.54. The Morgan fingerprint density at radius 3 is 2.29 bits per heavy atom. The molecule has 34 heavy (non-hydrogen) atoms. The number of ether oxygens (including phenoxy) is 1. The fourth-order valence-corrected chi connectivity index (χ4v) is 3.74. The monoisotopic (exact) mass is 473 g/mol. The van der Waals surface area contributed by atoms with Crippen LogP contribution in [0.5, 0.6) is 0 Å². The van der Waals surface area contributed by atoms with Gasteiger partial charge in [0.15, 0.2) is 5.69 Å². The molecule has 8 nitrogen and oxygen atoms in total. The number of benzene rings is 1. The maximum atomic E-state index is 13.7. The van der Waals surface area contributed by atoms with E-state index in [1.807, 2.05) is 6.07 Å². The van der Waals surface area contributed by atoms with Crippen LogP contribution < -0.4 is 10.2 Å². The third kappa shape index (κ3) is 4.87. The van der Waals surface area contributed by atoms with Crippen molar-refractivity contribution in [3.05, 3.63) is 65.6 Å². The summed E-state index contributed by atoms with van der Waals surface area (Å²) in [6.07, 6.45) is -0.0504. The van der Waals surface area contributed by atoms with Gasteiger partial charge in [0.1, 0.15) is 11.4 Å². The molecule has 0 saturated carbocycles.